The highest BCUT2D eigenvalue weighted by atomic mass is 19.4. The van der Waals surface area contributed by atoms with Crippen LogP contribution >= 0.6 is 0 Å². The number of nitrogens with zero attached hydrogens (tertiary/aromatic N) is 2. The van der Waals surface area contributed by atoms with Gasteiger partial charge in [-0.15, -0.1) is 5.10 Å². The summed E-state index contributed by atoms with van der Waals surface area (Å²) in [6.45, 7) is 3.07. The minimum atomic E-state index is -4.39. The normalized spacial score (nSPS) is 11.4. The molecule has 0 unspecified atom stereocenters. The molecule has 0 fully saturated rings. The lowest BCUT2D eigenvalue weighted by Gasteiger charge is -2.14. The van der Waals surface area contributed by atoms with E-state index in [1.807, 2.05) is 13.0 Å². The molecule has 36 heavy (non-hydrogen) atoms. The molecule has 0 aliphatic carbocycles. The number of benzene rings is 2. The quantitative estimate of drug-likeness (QED) is 0.313. The average Bonchev–Trinajstić information content (AvgIpc) is 3.21. The molecule has 3 rings (SSSR count). The fourth-order valence-electron chi connectivity index (χ4n) is 3.63. The lowest BCUT2D eigenvalue weighted by atomic mass is 10.1. The van der Waals surface area contributed by atoms with Crippen molar-refractivity contribution in [2.45, 2.75) is 45.3 Å². The van der Waals surface area contributed by atoms with Crippen molar-refractivity contribution in [2.24, 2.45) is 0 Å². The molecule has 0 spiro atoms. The van der Waals surface area contributed by atoms with E-state index in [9.17, 15) is 23.1 Å². The molecule has 0 aliphatic rings. The summed E-state index contributed by atoms with van der Waals surface area (Å²) in [5, 5.41) is 13.6. The molecule has 1 aromatic heterocycles. The number of aliphatic carboxylic acids is 1. The SMILES string of the molecule is CCCOc1cc(CCCOc2c(CC(=O)O)cccc2OC)n(Cc2ccc(C(F)(F)F)cc2)n1. The number of carbonyl (C=O) groups is 1. The number of aryl methyl sites for hydroxylation is 1. The van der Waals surface area contributed by atoms with Crippen molar-refractivity contribution in [3.05, 3.63) is 70.9 Å². The Morgan fingerprint density at radius 1 is 1.08 bits per heavy atom. The summed E-state index contributed by atoms with van der Waals surface area (Å²) in [6.07, 6.45) is -2.62. The van der Waals surface area contributed by atoms with Crippen molar-refractivity contribution in [3.8, 4) is 17.4 Å². The lowest BCUT2D eigenvalue weighted by Crippen LogP contribution is -2.10. The number of carboxylic acids is 1. The van der Waals surface area contributed by atoms with Gasteiger partial charge in [0.15, 0.2) is 11.5 Å². The van der Waals surface area contributed by atoms with Gasteiger partial charge < -0.3 is 19.3 Å². The predicted octanol–water partition coefficient (Wildman–Crippen LogP) is 5.39. The van der Waals surface area contributed by atoms with Gasteiger partial charge in [0, 0.05) is 17.3 Å². The van der Waals surface area contributed by atoms with Crippen molar-refractivity contribution >= 4 is 5.97 Å². The summed E-state index contributed by atoms with van der Waals surface area (Å²) >= 11 is 0. The zero-order valence-corrected chi connectivity index (χ0v) is 20.2. The first kappa shape index (κ1) is 26.9. The maximum Gasteiger partial charge on any atom is 0.416 e. The molecule has 0 bridgehead atoms. The number of ether oxygens (including phenoxy) is 3. The molecule has 194 valence electrons. The Bertz CT molecular complexity index is 1140. The first-order valence-corrected chi connectivity index (χ1v) is 11.6. The second-order valence-electron chi connectivity index (χ2n) is 8.15. The summed E-state index contributed by atoms with van der Waals surface area (Å²) in [4.78, 5) is 11.2. The van der Waals surface area contributed by atoms with E-state index < -0.39 is 17.7 Å². The molecule has 7 nitrogen and oxygen atoms in total. The standard InChI is InChI=1S/C26H29F3N2O5/c1-3-13-35-23-16-21(31(30-23)17-18-9-11-20(12-10-18)26(27,28)29)7-5-14-36-25-19(15-24(32)33)6-4-8-22(25)34-2/h4,6,8-12,16H,3,5,7,13-15,17H2,1-2H3,(H,32,33). The number of alkyl halides is 3. The molecular formula is C26H29F3N2O5. The third-order valence-electron chi connectivity index (χ3n) is 5.35. The Kier molecular flexibility index (Phi) is 9.21. The van der Waals surface area contributed by atoms with Crippen LogP contribution in [0.2, 0.25) is 0 Å². The zero-order chi connectivity index (χ0) is 26.1. The average molecular weight is 507 g/mol. The van der Waals surface area contributed by atoms with Crippen LogP contribution in [-0.4, -0.2) is 41.2 Å². The Morgan fingerprint density at radius 3 is 2.47 bits per heavy atom. The van der Waals surface area contributed by atoms with Crippen molar-refractivity contribution in [3.63, 3.8) is 0 Å². The minimum absolute atomic E-state index is 0.190. The molecule has 10 heteroatoms. The number of rotatable bonds is 13. The molecule has 0 amide bonds. The van der Waals surface area contributed by atoms with Crippen LogP contribution in [0, 0.1) is 0 Å². The maximum absolute atomic E-state index is 12.9. The van der Waals surface area contributed by atoms with Gasteiger partial charge in [-0.05, 0) is 43.0 Å². The molecule has 3 aromatic rings. The van der Waals surface area contributed by atoms with Crippen molar-refractivity contribution < 1.29 is 37.3 Å². The fraction of sp³-hybridized carbons (Fsp3) is 0.385. The maximum atomic E-state index is 12.9. The third-order valence-corrected chi connectivity index (χ3v) is 5.35. The molecule has 1 heterocycles. The highest BCUT2D eigenvalue weighted by Crippen LogP contribution is 2.32. The molecular weight excluding hydrogens is 477 g/mol. The molecule has 0 aliphatic heterocycles. The highest BCUT2D eigenvalue weighted by Gasteiger charge is 2.30. The molecule has 2 aromatic carbocycles. The Hall–Kier alpha value is -3.69. The first-order valence-electron chi connectivity index (χ1n) is 11.6. The molecule has 0 atom stereocenters. The Balaban J connectivity index is 1.69. The molecule has 0 saturated heterocycles. The minimum Gasteiger partial charge on any atom is -0.493 e. The van der Waals surface area contributed by atoms with E-state index in [0.717, 1.165) is 24.2 Å². The van der Waals surface area contributed by atoms with E-state index in [0.29, 0.717) is 61.1 Å². The van der Waals surface area contributed by atoms with Crippen LogP contribution in [0.5, 0.6) is 17.4 Å². The number of aromatic nitrogens is 2. The van der Waals surface area contributed by atoms with Gasteiger partial charge in [0.1, 0.15) is 0 Å². The summed E-state index contributed by atoms with van der Waals surface area (Å²) in [7, 11) is 1.49. The smallest absolute Gasteiger partial charge is 0.416 e. The Morgan fingerprint density at radius 2 is 1.83 bits per heavy atom. The van der Waals surface area contributed by atoms with Crippen LogP contribution in [-0.2, 0) is 30.4 Å². The van der Waals surface area contributed by atoms with Gasteiger partial charge in [-0.3, -0.25) is 9.48 Å². The topological polar surface area (TPSA) is 82.8 Å². The molecule has 0 saturated carbocycles. The second kappa shape index (κ2) is 12.3. The van der Waals surface area contributed by atoms with E-state index >= 15 is 0 Å². The van der Waals surface area contributed by atoms with Crippen LogP contribution in [0.4, 0.5) is 13.2 Å². The van der Waals surface area contributed by atoms with Gasteiger partial charge >= 0.3 is 12.1 Å². The number of halogens is 3. The van der Waals surface area contributed by atoms with Gasteiger partial charge in [-0.2, -0.15) is 13.2 Å². The van der Waals surface area contributed by atoms with Crippen molar-refractivity contribution in [2.75, 3.05) is 20.3 Å². The van der Waals surface area contributed by atoms with Gasteiger partial charge in [-0.1, -0.05) is 31.2 Å². The van der Waals surface area contributed by atoms with Crippen LogP contribution < -0.4 is 14.2 Å². The van der Waals surface area contributed by atoms with E-state index in [-0.39, 0.29) is 6.42 Å². The fourth-order valence-corrected chi connectivity index (χ4v) is 3.63. The van der Waals surface area contributed by atoms with E-state index in [4.69, 9.17) is 14.2 Å². The molecule has 1 N–H and O–H groups in total. The monoisotopic (exact) mass is 506 g/mol. The summed E-state index contributed by atoms with van der Waals surface area (Å²) in [6, 6.07) is 11.9. The van der Waals surface area contributed by atoms with Gasteiger partial charge in [0.25, 0.3) is 0 Å². The van der Waals surface area contributed by atoms with Gasteiger partial charge in [0.2, 0.25) is 5.88 Å². The van der Waals surface area contributed by atoms with Crippen LogP contribution in [0.1, 0.15) is 42.1 Å². The van der Waals surface area contributed by atoms with Crippen molar-refractivity contribution in [1.82, 2.24) is 9.78 Å². The van der Waals surface area contributed by atoms with E-state index in [1.165, 1.54) is 19.2 Å². The van der Waals surface area contributed by atoms with Crippen LogP contribution in [0.15, 0.2) is 48.5 Å². The number of carboxylic acid groups (broad SMARTS) is 1. The second-order valence-corrected chi connectivity index (χ2v) is 8.15. The largest absolute Gasteiger partial charge is 0.493 e. The van der Waals surface area contributed by atoms with Crippen LogP contribution in [0.25, 0.3) is 0 Å². The lowest BCUT2D eigenvalue weighted by molar-refractivity contribution is -0.138. The van der Waals surface area contributed by atoms with Gasteiger partial charge in [0.05, 0.1) is 38.9 Å². The summed E-state index contributed by atoms with van der Waals surface area (Å²) < 4.78 is 57.2. The van der Waals surface area contributed by atoms with Crippen LogP contribution in [0.3, 0.4) is 0 Å². The van der Waals surface area contributed by atoms with E-state index in [2.05, 4.69) is 5.10 Å². The molecule has 0 radical (unpaired) electrons. The van der Waals surface area contributed by atoms with E-state index in [1.54, 1.807) is 22.9 Å². The summed E-state index contributed by atoms with van der Waals surface area (Å²) in [5.41, 5.74) is 1.34. The van der Waals surface area contributed by atoms with Crippen molar-refractivity contribution in [1.29, 1.82) is 0 Å². The summed E-state index contributed by atoms with van der Waals surface area (Å²) in [5.74, 6) is 0.331. The van der Waals surface area contributed by atoms with Gasteiger partial charge in [-0.25, -0.2) is 0 Å². The third kappa shape index (κ3) is 7.40. The number of para-hydroxylation sites is 1. The Labute approximate surface area is 207 Å². The zero-order valence-electron chi connectivity index (χ0n) is 20.2. The first-order chi connectivity index (χ1) is 17.2. The number of hydrogen-bond acceptors (Lipinski definition) is 5. The highest BCUT2D eigenvalue weighted by molar-refractivity contribution is 5.72. The number of hydrogen-bond donors (Lipinski definition) is 1. The predicted molar refractivity (Wildman–Crippen MR) is 127 cm³/mol. The number of methoxy groups -OCH3 is 1.